The van der Waals surface area contributed by atoms with Crippen LogP contribution in [0, 0.1) is 40.5 Å². The van der Waals surface area contributed by atoms with E-state index in [1.807, 2.05) is 0 Å². The summed E-state index contributed by atoms with van der Waals surface area (Å²) in [6.07, 6.45) is 9.69. The van der Waals surface area contributed by atoms with Crippen LogP contribution in [0.15, 0.2) is 274 Å². The zero-order chi connectivity index (χ0) is 62.3. The van der Waals surface area contributed by atoms with E-state index < -0.39 is 0 Å². The van der Waals surface area contributed by atoms with E-state index >= 15 is 0 Å². The summed E-state index contributed by atoms with van der Waals surface area (Å²) in [6, 6.07) is 89.1. The molecule has 4 heterocycles. The van der Waals surface area contributed by atoms with Crippen molar-refractivity contribution in [3.63, 3.8) is 0 Å². The van der Waals surface area contributed by atoms with Gasteiger partial charge >= 0.3 is 0 Å². The van der Waals surface area contributed by atoms with E-state index in [9.17, 15) is 0 Å². The van der Waals surface area contributed by atoms with Crippen LogP contribution in [0.2, 0.25) is 0 Å². The van der Waals surface area contributed by atoms with Crippen molar-refractivity contribution in [1.82, 2.24) is 0 Å². The molecule has 0 saturated heterocycles. The molecule has 12 aromatic rings. The minimum atomic E-state index is 0.570. The minimum Gasteiger partial charge on any atom is -0.201 e. The number of hydrogen-bond donors (Lipinski definition) is 0. The molecule has 12 rings (SSSR count). The summed E-state index contributed by atoms with van der Waals surface area (Å²) in [5, 5.41) is 0. The summed E-state index contributed by atoms with van der Waals surface area (Å²) in [7, 11) is 8.40. The standard InChI is InChI=1S/C23H26N.C22H24N.C20H20N.C19H18N/c1-17(2)15-19-9-11-20(12-10-19)21-13-14-24(4)23(16-21)22-8-6-5-7-18(22)3;1-16(2)18-9-11-19(12-10-18)20-13-14-23(4)22(15-20)21-8-6-5-7-17(21)3;1-15-9-12-20(21(3)14-15)19-11-10-18(13-16(19)2)17-7-5-4-6-8-17;1-15-14-17(16-8-4-3-5-9-16)11-12-18(15)19-10-6-7-13-20(19)2/h5-14,16-17H,15H2,1-4H3;5-16H,1-4H3;4-14H,1-3H3;3-14H,1-2H3/q4*+1. The van der Waals surface area contributed by atoms with Gasteiger partial charge in [-0.15, -0.1) is 0 Å². The minimum absolute atomic E-state index is 0.570. The second-order valence-electron chi connectivity index (χ2n) is 24.2. The highest BCUT2D eigenvalue weighted by Gasteiger charge is 2.18. The van der Waals surface area contributed by atoms with E-state index in [1.165, 1.54) is 128 Å². The van der Waals surface area contributed by atoms with Crippen LogP contribution >= 0.6 is 0 Å². The quantitative estimate of drug-likeness (QED) is 0.115. The summed E-state index contributed by atoms with van der Waals surface area (Å²) in [5.41, 5.74) is 29.5. The number of benzene rings is 8. The molecule has 0 aliphatic rings. The molecule has 0 aliphatic heterocycles. The Labute approximate surface area is 526 Å². The van der Waals surface area contributed by atoms with Gasteiger partial charge < -0.3 is 0 Å². The average Bonchev–Trinajstić information content (AvgIpc) is 2.61. The lowest BCUT2D eigenvalue weighted by Gasteiger charge is -2.09. The van der Waals surface area contributed by atoms with Crippen molar-refractivity contribution in [2.24, 2.45) is 34.1 Å². The van der Waals surface area contributed by atoms with E-state index in [0.717, 1.165) is 6.42 Å². The first-order valence-corrected chi connectivity index (χ1v) is 31.1. The molecule has 440 valence electrons. The molecule has 0 radical (unpaired) electrons. The van der Waals surface area contributed by atoms with Gasteiger partial charge in [0.1, 0.15) is 28.2 Å². The Hall–Kier alpha value is -9.64. The van der Waals surface area contributed by atoms with E-state index in [0.29, 0.717) is 11.8 Å². The summed E-state index contributed by atoms with van der Waals surface area (Å²) in [6.45, 7) is 19.8. The van der Waals surface area contributed by atoms with Gasteiger partial charge in [0.25, 0.3) is 0 Å². The predicted octanol–water partition coefficient (Wildman–Crippen LogP) is 19.2. The van der Waals surface area contributed by atoms with Gasteiger partial charge in [-0.05, 0) is 167 Å². The van der Waals surface area contributed by atoms with Crippen molar-refractivity contribution < 1.29 is 18.3 Å². The Morgan fingerprint density at radius 1 is 0.284 bits per heavy atom. The molecule has 0 unspecified atom stereocenters. The Bertz CT molecular complexity index is 4250. The molecule has 4 nitrogen and oxygen atoms in total. The number of nitrogens with zero attached hydrogens (tertiary/aromatic N) is 4. The number of hydrogen-bond acceptors (Lipinski definition) is 0. The lowest BCUT2D eigenvalue weighted by Crippen LogP contribution is -2.31. The van der Waals surface area contributed by atoms with Crippen molar-refractivity contribution in [2.75, 3.05) is 0 Å². The van der Waals surface area contributed by atoms with E-state index in [1.54, 1.807) is 0 Å². The van der Waals surface area contributed by atoms with Gasteiger partial charge in [0, 0.05) is 70.3 Å². The summed E-state index contributed by atoms with van der Waals surface area (Å²) >= 11 is 0. The average molecular weight is 1150 g/mol. The van der Waals surface area contributed by atoms with Crippen LogP contribution in [-0.4, -0.2) is 0 Å². The van der Waals surface area contributed by atoms with Crippen LogP contribution < -0.4 is 18.3 Å². The summed E-state index contributed by atoms with van der Waals surface area (Å²) in [4.78, 5) is 0. The first kappa shape index (κ1) is 62.9. The molecule has 4 aromatic heterocycles. The fourth-order valence-electron chi connectivity index (χ4n) is 11.5. The lowest BCUT2D eigenvalue weighted by molar-refractivity contribution is -0.660. The molecule has 0 aliphatic carbocycles. The molecule has 0 fully saturated rings. The molecule has 0 amide bonds. The van der Waals surface area contributed by atoms with Crippen LogP contribution in [0.1, 0.15) is 72.6 Å². The van der Waals surface area contributed by atoms with Crippen LogP contribution in [-0.2, 0) is 34.6 Å². The zero-order valence-electron chi connectivity index (χ0n) is 54.1. The van der Waals surface area contributed by atoms with Crippen molar-refractivity contribution in [3.05, 3.63) is 312 Å². The Morgan fingerprint density at radius 2 is 0.670 bits per heavy atom. The highest BCUT2D eigenvalue weighted by molar-refractivity contribution is 5.74. The highest BCUT2D eigenvalue weighted by atomic mass is 14.9. The fourth-order valence-corrected chi connectivity index (χ4v) is 11.5. The second kappa shape index (κ2) is 29.6. The zero-order valence-corrected chi connectivity index (χ0v) is 54.1. The third kappa shape index (κ3) is 16.1. The topological polar surface area (TPSA) is 15.5 Å². The van der Waals surface area contributed by atoms with Crippen LogP contribution in [0.5, 0.6) is 0 Å². The van der Waals surface area contributed by atoms with Crippen LogP contribution in [0.3, 0.4) is 0 Å². The molecule has 88 heavy (non-hydrogen) atoms. The number of aryl methyl sites for hydroxylation is 9. The number of rotatable bonds is 11. The third-order valence-corrected chi connectivity index (χ3v) is 16.5. The maximum absolute atomic E-state index is 2.29. The first-order valence-electron chi connectivity index (χ1n) is 31.1. The number of pyridine rings is 4. The molecule has 0 saturated carbocycles. The molecule has 0 atom stereocenters. The van der Waals surface area contributed by atoms with Gasteiger partial charge in [-0.1, -0.05) is 198 Å². The smallest absolute Gasteiger partial charge is 0.201 e. The van der Waals surface area contributed by atoms with Gasteiger partial charge in [0.2, 0.25) is 22.8 Å². The molecule has 0 spiro atoms. The summed E-state index contributed by atoms with van der Waals surface area (Å²) in [5.74, 6) is 1.26. The summed E-state index contributed by atoms with van der Waals surface area (Å²) < 4.78 is 8.73. The van der Waals surface area contributed by atoms with Crippen molar-refractivity contribution in [1.29, 1.82) is 0 Å². The number of aromatic nitrogens is 4. The molecule has 4 heteroatoms. The van der Waals surface area contributed by atoms with Gasteiger partial charge in [-0.3, -0.25) is 0 Å². The maximum Gasteiger partial charge on any atom is 0.213 e. The van der Waals surface area contributed by atoms with Crippen LogP contribution in [0.4, 0.5) is 0 Å². The monoisotopic (exact) mass is 1150 g/mol. The maximum atomic E-state index is 2.29. The normalized spacial score (nSPS) is 10.8. The molecule has 8 aromatic carbocycles. The van der Waals surface area contributed by atoms with Gasteiger partial charge in [0.05, 0.1) is 0 Å². The van der Waals surface area contributed by atoms with Crippen molar-refractivity contribution in [2.45, 2.75) is 74.7 Å². The Morgan fingerprint density at radius 3 is 1.10 bits per heavy atom. The fraction of sp³-hybridized carbons (Fsp3) is 0.190. The Kier molecular flexibility index (Phi) is 21.2. The molecule has 0 bridgehead atoms. The SMILES string of the molecule is Cc1cc(-c2ccccc2)ccc1-c1cccc[n+]1C.Cc1ccc(-c2ccc(-c3ccccc3)cc2C)[n+](C)c1.Cc1ccccc1-c1cc(-c2ccc(C(C)C)cc2)cc[n+]1C.Cc1ccccc1-c1cc(-c2ccc(CC(C)C)cc2)cc[n+]1C. The third-order valence-electron chi connectivity index (χ3n) is 16.5. The first-order chi connectivity index (χ1) is 42.5. The van der Waals surface area contributed by atoms with Crippen molar-refractivity contribution in [3.8, 4) is 89.5 Å². The van der Waals surface area contributed by atoms with Gasteiger partial charge in [0.15, 0.2) is 24.8 Å². The predicted molar refractivity (Wildman–Crippen MR) is 370 cm³/mol. The Balaban J connectivity index is 0.000000140. The largest absolute Gasteiger partial charge is 0.213 e. The van der Waals surface area contributed by atoms with E-state index in [4.69, 9.17) is 0 Å². The molecule has 0 N–H and O–H groups in total. The second-order valence-corrected chi connectivity index (χ2v) is 24.2. The van der Waals surface area contributed by atoms with Gasteiger partial charge in [-0.2, -0.15) is 0 Å². The molecular weight excluding hydrogens is 1060 g/mol. The van der Waals surface area contributed by atoms with Crippen LogP contribution in [0.25, 0.3) is 89.5 Å². The van der Waals surface area contributed by atoms with E-state index in [2.05, 4.69) is 382 Å². The highest BCUT2D eigenvalue weighted by Crippen LogP contribution is 2.31. The molecular formula is C84H88N4+4. The van der Waals surface area contributed by atoms with E-state index in [-0.39, 0.29) is 0 Å². The van der Waals surface area contributed by atoms with Crippen molar-refractivity contribution >= 4 is 0 Å². The lowest BCUT2D eigenvalue weighted by atomic mass is 9.97. The van der Waals surface area contributed by atoms with Gasteiger partial charge in [-0.25, -0.2) is 18.3 Å².